The molecule has 0 bridgehead atoms. The van der Waals surface area contributed by atoms with Crippen molar-refractivity contribution in [3.05, 3.63) is 68.1 Å². The number of carbonyl (C=O) groups is 2. The van der Waals surface area contributed by atoms with Crippen LogP contribution in [0.3, 0.4) is 0 Å². The second kappa shape index (κ2) is 4.69. The predicted molar refractivity (Wildman–Crippen MR) is 79.7 cm³/mol. The monoisotopic (exact) mass is 378 g/mol. The fraction of sp³-hybridized carbons (Fsp3) is 0.0667. The first kappa shape index (κ1) is 12.8. The number of carbonyl (C=O) groups excluding carboxylic acids is 2. The number of fused-ring (bicyclic) bond motifs is 1. The van der Waals surface area contributed by atoms with Crippen molar-refractivity contribution in [1.29, 1.82) is 0 Å². The number of Topliss-reactive ketones (excluding diaryl/α,β-unsaturated/α-hetero) is 2. The highest BCUT2D eigenvalue weighted by molar-refractivity contribution is 9.11. The van der Waals surface area contributed by atoms with E-state index in [-0.39, 0.29) is 11.6 Å². The Kier molecular flexibility index (Phi) is 3.15. The molecule has 3 rings (SSSR count). The number of halogens is 2. The molecule has 0 radical (unpaired) electrons. The van der Waals surface area contributed by atoms with E-state index in [9.17, 15) is 9.59 Å². The van der Waals surface area contributed by atoms with Crippen LogP contribution in [0.15, 0.2) is 51.4 Å². The van der Waals surface area contributed by atoms with Gasteiger partial charge in [-0.1, -0.05) is 56.1 Å². The summed E-state index contributed by atoms with van der Waals surface area (Å²) in [7, 11) is 0. The maximum absolute atomic E-state index is 12.4. The van der Waals surface area contributed by atoms with Gasteiger partial charge in [0, 0.05) is 20.1 Å². The zero-order valence-electron chi connectivity index (χ0n) is 9.69. The minimum Gasteiger partial charge on any atom is -0.293 e. The van der Waals surface area contributed by atoms with Crippen LogP contribution < -0.4 is 0 Å². The highest BCUT2D eigenvalue weighted by atomic mass is 79.9. The number of rotatable bonds is 1. The third kappa shape index (κ3) is 2.09. The molecule has 0 spiro atoms. The van der Waals surface area contributed by atoms with E-state index in [4.69, 9.17) is 0 Å². The molecule has 2 aromatic carbocycles. The van der Waals surface area contributed by atoms with Crippen LogP contribution in [-0.4, -0.2) is 11.6 Å². The Balaban J connectivity index is 2.14. The normalized spacial score (nSPS) is 14.8. The lowest BCUT2D eigenvalue weighted by Gasteiger charge is -2.08. The van der Waals surface area contributed by atoms with E-state index in [0.29, 0.717) is 16.7 Å². The van der Waals surface area contributed by atoms with Gasteiger partial charge in [0.05, 0.1) is 0 Å². The second-order valence-corrected chi connectivity index (χ2v) is 6.24. The third-order valence-electron chi connectivity index (χ3n) is 3.20. The van der Waals surface area contributed by atoms with Gasteiger partial charge in [-0.15, -0.1) is 0 Å². The van der Waals surface area contributed by atoms with Crippen molar-refractivity contribution < 1.29 is 9.59 Å². The van der Waals surface area contributed by atoms with E-state index >= 15 is 0 Å². The zero-order valence-corrected chi connectivity index (χ0v) is 12.9. The second-order valence-electron chi connectivity index (χ2n) is 4.41. The van der Waals surface area contributed by atoms with Gasteiger partial charge in [-0.25, -0.2) is 0 Å². The van der Waals surface area contributed by atoms with E-state index in [0.717, 1.165) is 8.95 Å². The molecule has 0 saturated heterocycles. The van der Waals surface area contributed by atoms with Crippen molar-refractivity contribution in [3.63, 3.8) is 0 Å². The van der Waals surface area contributed by atoms with Gasteiger partial charge < -0.3 is 0 Å². The highest BCUT2D eigenvalue weighted by Crippen LogP contribution is 2.35. The van der Waals surface area contributed by atoms with Crippen LogP contribution in [0.2, 0.25) is 0 Å². The number of ketones is 2. The van der Waals surface area contributed by atoms with E-state index in [1.807, 2.05) is 18.2 Å². The Bertz CT molecular complexity index is 652. The molecule has 1 aliphatic rings. The SMILES string of the molecule is O=C1c2ccccc2C(=O)C1c1cc(Br)cc(Br)c1. The Morgan fingerprint density at radius 1 is 0.789 bits per heavy atom. The summed E-state index contributed by atoms with van der Waals surface area (Å²) in [6, 6.07) is 12.5. The van der Waals surface area contributed by atoms with Crippen LogP contribution in [0.25, 0.3) is 0 Å². The van der Waals surface area contributed by atoms with Gasteiger partial charge >= 0.3 is 0 Å². The van der Waals surface area contributed by atoms with Crippen LogP contribution in [-0.2, 0) is 0 Å². The molecule has 0 aromatic heterocycles. The van der Waals surface area contributed by atoms with Crippen molar-refractivity contribution >= 4 is 43.4 Å². The molecule has 0 atom stereocenters. The van der Waals surface area contributed by atoms with Crippen molar-refractivity contribution in [2.75, 3.05) is 0 Å². The maximum atomic E-state index is 12.4. The molecule has 94 valence electrons. The number of benzene rings is 2. The average Bonchev–Trinajstić information content (AvgIpc) is 2.61. The summed E-state index contributed by atoms with van der Waals surface area (Å²) in [4.78, 5) is 24.8. The summed E-state index contributed by atoms with van der Waals surface area (Å²) >= 11 is 6.76. The molecule has 0 fully saturated rings. The van der Waals surface area contributed by atoms with Crippen LogP contribution in [0, 0.1) is 0 Å². The lowest BCUT2D eigenvalue weighted by atomic mass is 9.94. The smallest absolute Gasteiger partial charge is 0.178 e. The molecule has 1 aliphatic carbocycles. The summed E-state index contributed by atoms with van der Waals surface area (Å²) < 4.78 is 1.68. The molecule has 0 unspecified atom stereocenters. The largest absolute Gasteiger partial charge is 0.293 e. The van der Waals surface area contributed by atoms with Gasteiger partial charge in [0.25, 0.3) is 0 Å². The molecular weight excluding hydrogens is 372 g/mol. The molecule has 4 heteroatoms. The molecule has 0 aliphatic heterocycles. The van der Waals surface area contributed by atoms with Crippen molar-refractivity contribution in [1.82, 2.24) is 0 Å². The topological polar surface area (TPSA) is 34.1 Å². The van der Waals surface area contributed by atoms with Crippen molar-refractivity contribution in [3.8, 4) is 0 Å². The molecule has 19 heavy (non-hydrogen) atoms. The standard InChI is InChI=1S/C15H8Br2O2/c16-9-5-8(6-10(17)7-9)13-14(18)11-3-1-2-4-12(11)15(13)19/h1-7,13H. The van der Waals surface area contributed by atoms with Crippen LogP contribution in [0.4, 0.5) is 0 Å². The van der Waals surface area contributed by atoms with E-state index < -0.39 is 5.92 Å². The summed E-state index contributed by atoms with van der Waals surface area (Å²) in [5, 5.41) is 0. The lowest BCUT2D eigenvalue weighted by Crippen LogP contribution is -2.12. The third-order valence-corrected chi connectivity index (χ3v) is 4.12. The van der Waals surface area contributed by atoms with E-state index in [1.165, 1.54) is 0 Å². The number of hydrogen-bond acceptors (Lipinski definition) is 2. The minimum absolute atomic E-state index is 0.120. The first-order valence-electron chi connectivity index (χ1n) is 5.71. The minimum atomic E-state index is -0.716. The summed E-state index contributed by atoms with van der Waals surface area (Å²) in [5.74, 6) is -0.956. The van der Waals surface area contributed by atoms with Gasteiger partial charge in [-0.05, 0) is 23.8 Å². The molecule has 0 heterocycles. The van der Waals surface area contributed by atoms with Crippen LogP contribution in [0.5, 0.6) is 0 Å². The zero-order chi connectivity index (χ0) is 13.6. The van der Waals surface area contributed by atoms with Gasteiger partial charge in [0.15, 0.2) is 11.6 Å². The Labute approximate surface area is 127 Å². The van der Waals surface area contributed by atoms with Gasteiger partial charge in [-0.2, -0.15) is 0 Å². The Morgan fingerprint density at radius 3 is 1.74 bits per heavy atom. The predicted octanol–water partition coefficient (Wildman–Crippen LogP) is 4.37. The summed E-state index contributed by atoms with van der Waals surface area (Å²) in [6.07, 6.45) is 0. The van der Waals surface area contributed by atoms with E-state index in [1.54, 1.807) is 24.3 Å². The summed E-state index contributed by atoms with van der Waals surface area (Å²) in [5.41, 5.74) is 1.76. The molecule has 0 N–H and O–H groups in total. The van der Waals surface area contributed by atoms with E-state index in [2.05, 4.69) is 31.9 Å². The first-order chi connectivity index (χ1) is 9.08. The van der Waals surface area contributed by atoms with Crippen molar-refractivity contribution in [2.24, 2.45) is 0 Å². The Morgan fingerprint density at radius 2 is 1.26 bits per heavy atom. The van der Waals surface area contributed by atoms with Gasteiger partial charge in [0.1, 0.15) is 5.92 Å². The van der Waals surface area contributed by atoms with Gasteiger partial charge in [0.2, 0.25) is 0 Å². The lowest BCUT2D eigenvalue weighted by molar-refractivity contribution is 0.0890. The summed E-state index contributed by atoms with van der Waals surface area (Å²) in [6.45, 7) is 0. The average molecular weight is 380 g/mol. The van der Waals surface area contributed by atoms with Crippen LogP contribution in [0.1, 0.15) is 32.2 Å². The molecule has 2 aromatic rings. The van der Waals surface area contributed by atoms with Crippen LogP contribution >= 0.6 is 31.9 Å². The van der Waals surface area contributed by atoms with Crippen molar-refractivity contribution in [2.45, 2.75) is 5.92 Å². The quantitative estimate of drug-likeness (QED) is 0.689. The molecule has 2 nitrogen and oxygen atoms in total. The fourth-order valence-corrected chi connectivity index (χ4v) is 3.72. The molecular formula is C15H8Br2O2. The molecule has 0 saturated carbocycles. The first-order valence-corrected chi connectivity index (χ1v) is 7.30. The maximum Gasteiger partial charge on any atom is 0.178 e. The fourth-order valence-electron chi connectivity index (χ4n) is 2.39. The molecule has 0 amide bonds. The number of hydrogen-bond donors (Lipinski definition) is 0. The Hall–Kier alpha value is -1.26. The highest BCUT2D eigenvalue weighted by Gasteiger charge is 2.39. The van der Waals surface area contributed by atoms with Gasteiger partial charge in [-0.3, -0.25) is 9.59 Å².